The third-order valence-electron chi connectivity index (χ3n) is 2.96. The Morgan fingerprint density at radius 3 is 2.37 bits per heavy atom. The van der Waals surface area contributed by atoms with E-state index in [0.717, 1.165) is 22.5 Å². The van der Waals surface area contributed by atoms with Crippen molar-refractivity contribution in [2.24, 2.45) is 0 Å². The fourth-order valence-corrected chi connectivity index (χ4v) is 2.12. The first-order valence-corrected chi connectivity index (χ1v) is 7.08. The van der Waals surface area contributed by atoms with Gasteiger partial charge in [-0.25, -0.2) is 4.98 Å². The highest BCUT2D eigenvalue weighted by Gasteiger charge is 2.12. The van der Waals surface area contributed by atoms with Gasteiger partial charge in [0.05, 0.1) is 0 Å². The molecular formula is C15H18BrN3. The molecule has 0 unspecified atom stereocenters. The van der Waals surface area contributed by atoms with E-state index in [4.69, 9.17) is 5.73 Å². The monoisotopic (exact) mass is 319 g/mol. The van der Waals surface area contributed by atoms with E-state index >= 15 is 0 Å². The molecule has 0 bridgehead atoms. The van der Waals surface area contributed by atoms with E-state index in [-0.39, 0.29) is 0 Å². The summed E-state index contributed by atoms with van der Waals surface area (Å²) in [5.74, 6) is 0.982. The summed E-state index contributed by atoms with van der Waals surface area (Å²) in [6, 6.07) is 12.4. The maximum Gasteiger partial charge on any atom is 0.129 e. The smallest absolute Gasteiger partial charge is 0.129 e. The van der Waals surface area contributed by atoms with Crippen LogP contribution in [-0.2, 0) is 6.54 Å². The van der Waals surface area contributed by atoms with E-state index in [9.17, 15) is 0 Å². The molecule has 1 aromatic carbocycles. The van der Waals surface area contributed by atoms with Gasteiger partial charge in [0.2, 0.25) is 0 Å². The molecule has 0 aliphatic heterocycles. The lowest BCUT2D eigenvalue weighted by atomic mass is 10.1. The van der Waals surface area contributed by atoms with Crippen LogP contribution in [0, 0.1) is 0 Å². The van der Waals surface area contributed by atoms with E-state index in [0.29, 0.717) is 6.04 Å². The number of aromatic nitrogens is 1. The van der Waals surface area contributed by atoms with E-state index in [2.05, 4.69) is 51.8 Å². The second-order valence-electron chi connectivity index (χ2n) is 4.80. The lowest BCUT2D eigenvalue weighted by Gasteiger charge is -2.28. The Labute approximate surface area is 122 Å². The molecule has 0 spiro atoms. The zero-order chi connectivity index (χ0) is 13.8. The quantitative estimate of drug-likeness (QED) is 0.870. The molecule has 100 valence electrons. The van der Waals surface area contributed by atoms with Crippen LogP contribution in [0.15, 0.2) is 47.1 Å². The Bertz CT molecular complexity index is 520. The minimum absolute atomic E-state index is 0.381. The number of nitrogen functional groups attached to an aromatic ring is 1. The molecule has 2 aromatic rings. The van der Waals surface area contributed by atoms with Crippen molar-refractivity contribution in [1.29, 1.82) is 0 Å². The zero-order valence-electron chi connectivity index (χ0n) is 11.2. The fraction of sp³-hybridized carbons (Fsp3) is 0.267. The number of rotatable bonds is 4. The molecule has 0 aliphatic carbocycles. The Kier molecular flexibility index (Phi) is 4.43. The fourth-order valence-electron chi connectivity index (χ4n) is 1.89. The predicted octanol–water partition coefficient (Wildman–Crippen LogP) is 3.84. The third-order valence-corrected chi connectivity index (χ3v) is 3.43. The molecule has 19 heavy (non-hydrogen) atoms. The number of halogens is 1. The first kappa shape index (κ1) is 13.9. The zero-order valence-corrected chi connectivity index (χ0v) is 12.8. The van der Waals surface area contributed by atoms with Crippen molar-refractivity contribution >= 4 is 27.4 Å². The van der Waals surface area contributed by atoms with Gasteiger partial charge in [0.1, 0.15) is 5.82 Å². The number of nitrogens with zero attached hydrogens (tertiary/aromatic N) is 2. The van der Waals surface area contributed by atoms with Crippen molar-refractivity contribution in [2.75, 3.05) is 10.6 Å². The maximum atomic E-state index is 5.71. The van der Waals surface area contributed by atoms with Crippen molar-refractivity contribution in [2.45, 2.75) is 26.4 Å². The molecule has 0 radical (unpaired) electrons. The SMILES string of the molecule is CC(C)N(Cc1ccc(N)cc1)c1ccc(Br)cn1. The highest BCUT2D eigenvalue weighted by molar-refractivity contribution is 9.10. The Hall–Kier alpha value is -1.55. The minimum atomic E-state index is 0.381. The van der Waals surface area contributed by atoms with Crippen LogP contribution in [0.25, 0.3) is 0 Å². The lowest BCUT2D eigenvalue weighted by molar-refractivity contribution is 0.672. The predicted molar refractivity (Wildman–Crippen MR) is 84.1 cm³/mol. The number of hydrogen-bond donors (Lipinski definition) is 1. The number of anilines is 2. The number of benzene rings is 1. The Morgan fingerprint density at radius 2 is 1.84 bits per heavy atom. The Morgan fingerprint density at radius 1 is 1.16 bits per heavy atom. The highest BCUT2D eigenvalue weighted by atomic mass is 79.9. The van der Waals surface area contributed by atoms with Crippen molar-refractivity contribution < 1.29 is 0 Å². The molecule has 1 heterocycles. The van der Waals surface area contributed by atoms with Gasteiger partial charge in [-0.05, 0) is 59.6 Å². The number of hydrogen-bond acceptors (Lipinski definition) is 3. The molecule has 0 saturated heterocycles. The molecule has 0 fully saturated rings. The van der Waals surface area contributed by atoms with E-state index < -0.39 is 0 Å². The van der Waals surface area contributed by atoms with Crippen LogP contribution in [-0.4, -0.2) is 11.0 Å². The summed E-state index contributed by atoms with van der Waals surface area (Å²) < 4.78 is 0.993. The molecule has 3 nitrogen and oxygen atoms in total. The lowest BCUT2D eigenvalue weighted by Crippen LogP contribution is -2.30. The Balaban J connectivity index is 2.21. The van der Waals surface area contributed by atoms with Gasteiger partial charge in [0.25, 0.3) is 0 Å². The average Bonchev–Trinajstić information content (AvgIpc) is 2.39. The van der Waals surface area contributed by atoms with Crippen LogP contribution in [0.2, 0.25) is 0 Å². The van der Waals surface area contributed by atoms with Crippen molar-refractivity contribution in [3.8, 4) is 0 Å². The van der Waals surface area contributed by atoms with Gasteiger partial charge in [0, 0.05) is 28.9 Å². The van der Waals surface area contributed by atoms with E-state index in [1.807, 2.05) is 30.5 Å². The van der Waals surface area contributed by atoms with Gasteiger partial charge < -0.3 is 10.6 Å². The first-order valence-electron chi connectivity index (χ1n) is 6.29. The van der Waals surface area contributed by atoms with Gasteiger partial charge in [-0.3, -0.25) is 0 Å². The second-order valence-corrected chi connectivity index (χ2v) is 5.71. The minimum Gasteiger partial charge on any atom is -0.399 e. The number of nitrogens with two attached hydrogens (primary N) is 1. The van der Waals surface area contributed by atoms with Gasteiger partial charge in [-0.2, -0.15) is 0 Å². The van der Waals surface area contributed by atoms with Gasteiger partial charge >= 0.3 is 0 Å². The summed E-state index contributed by atoms with van der Waals surface area (Å²) >= 11 is 3.41. The normalized spacial score (nSPS) is 10.7. The van der Waals surface area contributed by atoms with E-state index in [1.54, 1.807) is 0 Å². The summed E-state index contributed by atoms with van der Waals surface area (Å²) in [5.41, 5.74) is 7.74. The molecule has 0 atom stereocenters. The molecule has 1 aromatic heterocycles. The highest BCUT2D eigenvalue weighted by Crippen LogP contribution is 2.20. The average molecular weight is 320 g/mol. The van der Waals surface area contributed by atoms with Crippen LogP contribution in [0.3, 0.4) is 0 Å². The summed E-state index contributed by atoms with van der Waals surface area (Å²) in [4.78, 5) is 6.73. The molecule has 2 N–H and O–H groups in total. The molecule has 0 saturated carbocycles. The molecule has 2 rings (SSSR count). The molecule has 4 heteroatoms. The molecule has 0 aliphatic rings. The van der Waals surface area contributed by atoms with Crippen LogP contribution < -0.4 is 10.6 Å². The maximum absolute atomic E-state index is 5.71. The third kappa shape index (κ3) is 3.70. The standard InChI is InChI=1S/C15H18BrN3/c1-11(2)19(15-8-5-13(16)9-18-15)10-12-3-6-14(17)7-4-12/h3-9,11H,10,17H2,1-2H3. The van der Waals surface area contributed by atoms with Crippen molar-refractivity contribution in [3.05, 3.63) is 52.6 Å². The van der Waals surface area contributed by atoms with Crippen molar-refractivity contribution in [1.82, 2.24) is 4.98 Å². The second kappa shape index (κ2) is 6.06. The topological polar surface area (TPSA) is 42.1 Å². The summed E-state index contributed by atoms with van der Waals surface area (Å²) in [5, 5.41) is 0. The van der Waals surface area contributed by atoms with Crippen LogP contribution in [0.5, 0.6) is 0 Å². The van der Waals surface area contributed by atoms with Gasteiger partial charge in [-0.1, -0.05) is 12.1 Å². The summed E-state index contributed by atoms with van der Waals surface area (Å²) in [6.45, 7) is 5.16. The number of pyridine rings is 1. The van der Waals surface area contributed by atoms with Crippen LogP contribution >= 0.6 is 15.9 Å². The summed E-state index contributed by atoms with van der Waals surface area (Å²) in [7, 11) is 0. The van der Waals surface area contributed by atoms with Crippen LogP contribution in [0.4, 0.5) is 11.5 Å². The molecule has 0 amide bonds. The van der Waals surface area contributed by atoms with Crippen LogP contribution in [0.1, 0.15) is 19.4 Å². The van der Waals surface area contributed by atoms with Crippen molar-refractivity contribution in [3.63, 3.8) is 0 Å². The van der Waals surface area contributed by atoms with E-state index in [1.165, 1.54) is 5.56 Å². The van der Waals surface area contributed by atoms with Gasteiger partial charge in [-0.15, -0.1) is 0 Å². The first-order chi connectivity index (χ1) is 9.06. The largest absolute Gasteiger partial charge is 0.399 e. The molecular weight excluding hydrogens is 302 g/mol. The summed E-state index contributed by atoms with van der Waals surface area (Å²) in [6.07, 6.45) is 1.83. The van der Waals surface area contributed by atoms with Gasteiger partial charge in [0.15, 0.2) is 0 Å².